The van der Waals surface area contributed by atoms with Crippen molar-refractivity contribution in [2.45, 2.75) is 25.9 Å². The monoisotopic (exact) mass is 410 g/mol. The van der Waals surface area contributed by atoms with Crippen molar-refractivity contribution in [2.24, 2.45) is 0 Å². The lowest BCUT2D eigenvalue weighted by molar-refractivity contribution is 0.0225. The summed E-state index contributed by atoms with van der Waals surface area (Å²) in [7, 11) is 0. The molecule has 28 heavy (non-hydrogen) atoms. The zero-order valence-corrected chi connectivity index (χ0v) is 16.5. The molecule has 2 aliphatic heterocycles. The largest absolute Gasteiger partial charge is 0.755 e. The van der Waals surface area contributed by atoms with E-state index in [1.807, 2.05) is 0 Å². The smallest absolute Gasteiger partial charge is 0.409 e. The van der Waals surface area contributed by atoms with Crippen molar-refractivity contribution in [3.05, 3.63) is 29.3 Å². The van der Waals surface area contributed by atoms with E-state index in [1.54, 1.807) is 34.9 Å². The summed E-state index contributed by atoms with van der Waals surface area (Å²) in [6, 6.07) is 4.81. The Labute approximate surface area is 166 Å². The molecule has 1 aromatic carbocycles. The summed E-state index contributed by atoms with van der Waals surface area (Å²) < 4.78 is 34.6. The van der Waals surface area contributed by atoms with Gasteiger partial charge < -0.3 is 28.5 Å². The predicted octanol–water partition coefficient (Wildman–Crippen LogP) is 1.27. The van der Waals surface area contributed by atoms with E-state index in [2.05, 4.69) is 4.72 Å². The van der Waals surface area contributed by atoms with Crippen LogP contribution < -0.4 is 4.72 Å². The van der Waals surface area contributed by atoms with Crippen molar-refractivity contribution in [3.8, 4) is 0 Å². The molecule has 0 bridgehead atoms. The summed E-state index contributed by atoms with van der Waals surface area (Å²) in [6.45, 7) is 4.36. The van der Waals surface area contributed by atoms with Gasteiger partial charge in [0.05, 0.1) is 6.10 Å². The fourth-order valence-corrected chi connectivity index (χ4v) is 3.72. The normalized spacial score (nSPS) is 20.7. The first-order valence-electron chi connectivity index (χ1n) is 9.23. The van der Waals surface area contributed by atoms with Gasteiger partial charge in [0.2, 0.25) is 0 Å². The van der Waals surface area contributed by atoms with E-state index in [9.17, 15) is 18.4 Å². The van der Waals surface area contributed by atoms with Crippen LogP contribution in [0.25, 0.3) is 0 Å². The fraction of sp³-hybridized carbons (Fsp3) is 0.556. The predicted molar refractivity (Wildman–Crippen MR) is 102 cm³/mol. The van der Waals surface area contributed by atoms with Crippen LogP contribution in [-0.4, -0.2) is 76.1 Å². The van der Waals surface area contributed by atoms with E-state index >= 15 is 0 Å². The Hall–Kier alpha value is -2.17. The van der Waals surface area contributed by atoms with Crippen LogP contribution in [0.15, 0.2) is 18.2 Å². The number of rotatable bonds is 5. The molecule has 3 rings (SSSR count). The molecule has 2 amide bonds. The molecule has 2 heterocycles. The quantitative estimate of drug-likeness (QED) is 0.732. The Bertz CT molecular complexity index is 745. The fourth-order valence-electron chi connectivity index (χ4n) is 3.31. The molecule has 1 aromatic rings. The second kappa shape index (κ2) is 9.35. The maximum atomic E-state index is 12.7. The molecule has 2 fully saturated rings. The van der Waals surface area contributed by atoms with Gasteiger partial charge in [0.15, 0.2) is 0 Å². The van der Waals surface area contributed by atoms with Crippen LogP contribution >= 0.6 is 0 Å². The average molecular weight is 410 g/mol. The number of ether oxygens (including phenoxy) is 2. The number of hydrogen-bond acceptors (Lipinski definition) is 6. The molecule has 2 saturated heterocycles. The van der Waals surface area contributed by atoms with Crippen molar-refractivity contribution >= 4 is 29.0 Å². The van der Waals surface area contributed by atoms with Crippen LogP contribution in [0.5, 0.6) is 0 Å². The minimum Gasteiger partial charge on any atom is -0.755 e. The maximum Gasteiger partial charge on any atom is 0.409 e. The Kier molecular flexibility index (Phi) is 6.87. The molecule has 0 aliphatic carbocycles. The number of carbonyl (C=O) groups excluding carboxylic acids is 2. The summed E-state index contributed by atoms with van der Waals surface area (Å²) >= 11 is -2.41. The van der Waals surface area contributed by atoms with Crippen LogP contribution in [0, 0.1) is 6.92 Å². The maximum absolute atomic E-state index is 12.7. The number of nitrogens with zero attached hydrogens (tertiary/aromatic N) is 2. The molecule has 0 aromatic heterocycles. The zero-order valence-electron chi connectivity index (χ0n) is 15.7. The second-order valence-electron chi connectivity index (χ2n) is 6.86. The summed E-state index contributed by atoms with van der Waals surface area (Å²) in [6.07, 6.45) is 1.52. The third-order valence-electron chi connectivity index (χ3n) is 4.91. The summed E-state index contributed by atoms with van der Waals surface area (Å²) in [5.74, 6) is -0.148. The Morgan fingerprint density at radius 2 is 2.00 bits per heavy atom. The van der Waals surface area contributed by atoms with Crippen molar-refractivity contribution in [1.29, 1.82) is 0 Å². The van der Waals surface area contributed by atoms with Crippen LogP contribution in [0.2, 0.25) is 0 Å². The second-order valence-corrected chi connectivity index (χ2v) is 7.53. The van der Waals surface area contributed by atoms with Gasteiger partial charge in [0.1, 0.15) is 6.61 Å². The summed E-state index contributed by atoms with van der Waals surface area (Å²) in [4.78, 5) is 28.1. The number of piperazine rings is 1. The van der Waals surface area contributed by atoms with E-state index in [-0.39, 0.29) is 24.7 Å². The Morgan fingerprint density at radius 3 is 2.61 bits per heavy atom. The average Bonchev–Trinajstić information content (AvgIpc) is 3.20. The SMILES string of the molecule is Cc1cc(C(=O)N2CCN(C(=O)OCC3CCCO3)CC2)ccc1NS(=O)[O-]. The van der Waals surface area contributed by atoms with Crippen LogP contribution in [0.3, 0.4) is 0 Å². The summed E-state index contributed by atoms with van der Waals surface area (Å²) in [5.41, 5.74) is 1.57. The van der Waals surface area contributed by atoms with Gasteiger partial charge in [-0.3, -0.25) is 9.00 Å². The van der Waals surface area contributed by atoms with Crippen LogP contribution in [0.4, 0.5) is 10.5 Å². The molecule has 0 radical (unpaired) electrons. The first-order chi connectivity index (χ1) is 13.4. The lowest BCUT2D eigenvalue weighted by Gasteiger charge is -2.34. The van der Waals surface area contributed by atoms with Gasteiger partial charge >= 0.3 is 6.09 Å². The van der Waals surface area contributed by atoms with Crippen LogP contribution in [0.1, 0.15) is 28.8 Å². The van der Waals surface area contributed by atoms with E-state index in [0.717, 1.165) is 12.8 Å². The standard InChI is InChI=1S/C18H25N3O6S/c1-13-11-14(4-5-16(13)19-28(24)25)17(22)20-6-8-21(9-7-20)18(23)27-12-15-3-2-10-26-15/h4-5,11,15,19H,2-3,6-10,12H2,1H3,(H,24,25)/p-1. The van der Waals surface area contributed by atoms with Gasteiger partial charge in [-0.2, -0.15) is 0 Å². The zero-order chi connectivity index (χ0) is 20.1. The Balaban J connectivity index is 1.49. The van der Waals surface area contributed by atoms with Crippen molar-refractivity contribution < 1.29 is 27.8 Å². The van der Waals surface area contributed by atoms with Crippen LogP contribution in [-0.2, 0) is 20.7 Å². The number of carbonyl (C=O) groups is 2. The molecule has 0 spiro atoms. The first-order valence-corrected chi connectivity index (χ1v) is 10.3. The number of aryl methyl sites for hydroxylation is 1. The highest BCUT2D eigenvalue weighted by Crippen LogP contribution is 2.19. The summed E-state index contributed by atoms with van der Waals surface area (Å²) in [5, 5.41) is 0. The number of anilines is 1. The van der Waals surface area contributed by atoms with Crippen molar-refractivity contribution in [2.75, 3.05) is 44.1 Å². The minimum absolute atomic E-state index is 0.00782. The van der Waals surface area contributed by atoms with Crippen molar-refractivity contribution in [3.63, 3.8) is 0 Å². The van der Waals surface area contributed by atoms with Crippen molar-refractivity contribution in [1.82, 2.24) is 9.80 Å². The van der Waals surface area contributed by atoms with Gasteiger partial charge in [-0.1, -0.05) is 0 Å². The molecule has 2 aliphatic rings. The van der Waals surface area contributed by atoms with Gasteiger partial charge in [-0.15, -0.1) is 0 Å². The lowest BCUT2D eigenvalue weighted by atomic mass is 10.1. The Morgan fingerprint density at radius 1 is 1.29 bits per heavy atom. The van der Waals surface area contributed by atoms with E-state index in [0.29, 0.717) is 49.6 Å². The molecule has 154 valence electrons. The van der Waals surface area contributed by atoms with E-state index in [1.165, 1.54) is 0 Å². The van der Waals surface area contributed by atoms with E-state index < -0.39 is 11.3 Å². The molecule has 10 heteroatoms. The van der Waals surface area contributed by atoms with Gasteiger partial charge in [0.25, 0.3) is 5.91 Å². The topological polar surface area (TPSA) is 111 Å². The first kappa shape index (κ1) is 20.6. The number of benzene rings is 1. The highest BCUT2D eigenvalue weighted by Gasteiger charge is 2.27. The van der Waals surface area contributed by atoms with Gasteiger partial charge in [0, 0.05) is 55.3 Å². The lowest BCUT2D eigenvalue weighted by Crippen LogP contribution is -2.51. The highest BCUT2D eigenvalue weighted by molar-refractivity contribution is 7.80. The molecule has 9 nitrogen and oxygen atoms in total. The van der Waals surface area contributed by atoms with Gasteiger partial charge in [-0.05, 0) is 43.5 Å². The third kappa shape index (κ3) is 5.21. The third-order valence-corrected chi connectivity index (χ3v) is 5.29. The molecule has 2 unspecified atom stereocenters. The molecule has 0 saturated carbocycles. The molecule has 2 atom stereocenters. The van der Waals surface area contributed by atoms with Gasteiger partial charge in [-0.25, -0.2) is 4.79 Å². The molecule has 1 N–H and O–H groups in total. The van der Waals surface area contributed by atoms with E-state index in [4.69, 9.17) is 9.47 Å². The minimum atomic E-state index is -2.41. The number of amides is 2. The molecular formula is C18H24N3O6S-. The number of hydrogen-bond donors (Lipinski definition) is 1. The number of nitrogens with one attached hydrogen (secondary N) is 1. The molecular weight excluding hydrogens is 386 g/mol. The highest BCUT2D eigenvalue weighted by atomic mass is 32.2.